The molecule has 1 aromatic rings. The van der Waals surface area contributed by atoms with Crippen LogP contribution in [0.1, 0.15) is 18.1 Å². The monoisotopic (exact) mass is 295 g/mol. The number of halogens is 3. The Balaban J connectivity index is 3.59. The van der Waals surface area contributed by atoms with Crippen LogP contribution in [0.2, 0.25) is 0 Å². The molecule has 4 nitrogen and oxygen atoms in total. The highest BCUT2D eigenvalue weighted by Crippen LogP contribution is 2.32. The third-order valence-electron chi connectivity index (χ3n) is 2.15. The molecule has 0 bridgehead atoms. The molecular formula is C10H8ClF2NO3S. The van der Waals surface area contributed by atoms with Crippen molar-refractivity contribution in [1.29, 1.82) is 5.26 Å². The van der Waals surface area contributed by atoms with Crippen LogP contribution in [0.15, 0.2) is 17.0 Å². The second-order valence-corrected chi connectivity index (χ2v) is 5.71. The first-order valence-electron chi connectivity index (χ1n) is 4.76. The van der Waals surface area contributed by atoms with Crippen LogP contribution in [0.25, 0.3) is 0 Å². The first-order valence-corrected chi connectivity index (χ1v) is 7.07. The quantitative estimate of drug-likeness (QED) is 0.801. The van der Waals surface area contributed by atoms with Gasteiger partial charge in [0.15, 0.2) is 0 Å². The Labute approximate surface area is 107 Å². The van der Waals surface area contributed by atoms with E-state index in [-0.39, 0.29) is 12.0 Å². The standard InChI is InChI=1S/C10H8ClF2NO3S/c1-2-6-3-4-8(17-10(12)13)7(5-14)9(6)18(11,15)16/h3-4,10H,2H2,1H3. The molecule has 1 rings (SSSR count). The number of rotatable bonds is 4. The third kappa shape index (κ3) is 3.09. The summed E-state index contributed by atoms with van der Waals surface area (Å²) in [4.78, 5) is -0.479. The van der Waals surface area contributed by atoms with Crippen LogP contribution in [-0.4, -0.2) is 15.0 Å². The largest absolute Gasteiger partial charge is 0.433 e. The molecule has 8 heteroatoms. The van der Waals surface area contributed by atoms with Gasteiger partial charge in [0.05, 0.1) is 0 Å². The van der Waals surface area contributed by atoms with Gasteiger partial charge in [-0.25, -0.2) is 8.42 Å². The van der Waals surface area contributed by atoms with Crippen LogP contribution in [-0.2, 0) is 15.5 Å². The van der Waals surface area contributed by atoms with E-state index in [0.717, 1.165) is 6.07 Å². The number of hydrogen-bond donors (Lipinski definition) is 0. The molecule has 0 aromatic heterocycles. The smallest absolute Gasteiger partial charge is 0.387 e. The molecule has 0 amide bonds. The molecule has 0 saturated heterocycles. The number of aryl methyl sites for hydroxylation is 1. The van der Waals surface area contributed by atoms with Crippen molar-refractivity contribution >= 4 is 19.7 Å². The van der Waals surface area contributed by atoms with Gasteiger partial charge in [-0.15, -0.1) is 0 Å². The van der Waals surface area contributed by atoms with Gasteiger partial charge in [0, 0.05) is 10.7 Å². The SMILES string of the molecule is CCc1ccc(OC(F)F)c(C#N)c1S(=O)(=O)Cl. The summed E-state index contributed by atoms with van der Waals surface area (Å²) >= 11 is 0. The van der Waals surface area contributed by atoms with Crippen molar-refractivity contribution in [2.45, 2.75) is 24.9 Å². The summed E-state index contributed by atoms with van der Waals surface area (Å²) in [5.74, 6) is -0.510. The van der Waals surface area contributed by atoms with Gasteiger partial charge in [-0.05, 0) is 18.1 Å². The maximum atomic E-state index is 12.1. The minimum Gasteiger partial charge on any atom is -0.433 e. The van der Waals surface area contributed by atoms with Crippen LogP contribution < -0.4 is 4.74 Å². The summed E-state index contributed by atoms with van der Waals surface area (Å²) in [6.45, 7) is -1.51. The van der Waals surface area contributed by atoms with Crippen LogP contribution in [0, 0.1) is 11.3 Å². The van der Waals surface area contributed by atoms with Gasteiger partial charge in [-0.3, -0.25) is 0 Å². The van der Waals surface area contributed by atoms with E-state index >= 15 is 0 Å². The van der Waals surface area contributed by atoms with Gasteiger partial charge in [0.1, 0.15) is 22.3 Å². The van der Waals surface area contributed by atoms with Crippen molar-refractivity contribution in [1.82, 2.24) is 0 Å². The molecule has 98 valence electrons. The predicted octanol–water partition coefficient (Wildman–Crippen LogP) is 2.65. The van der Waals surface area contributed by atoms with Gasteiger partial charge in [-0.2, -0.15) is 14.0 Å². The second-order valence-electron chi connectivity index (χ2n) is 3.21. The first kappa shape index (κ1) is 14.7. The number of hydrogen-bond acceptors (Lipinski definition) is 4. The molecular weight excluding hydrogens is 288 g/mol. The van der Waals surface area contributed by atoms with Crippen LogP contribution in [0.3, 0.4) is 0 Å². The Bertz CT molecular complexity index is 596. The van der Waals surface area contributed by atoms with Gasteiger partial charge >= 0.3 is 6.61 Å². The highest BCUT2D eigenvalue weighted by atomic mass is 35.7. The van der Waals surface area contributed by atoms with E-state index in [0.29, 0.717) is 0 Å². The molecule has 0 atom stereocenters. The van der Waals surface area contributed by atoms with Crippen molar-refractivity contribution in [2.24, 2.45) is 0 Å². The van der Waals surface area contributed by atoms with E-state index in [1.54, 1.807) is 6.92 Å². The van der Waals surface area contributed by atoms with E-state index < -0.39 is 31.9 Å². The lowest BCUT2D eigenvalue weighted by atomic mass is 10.1. The summed E-state index contributed by atoms with van der Waals surface area (Å²) < 4.78 is 51.2. The van der Waals surface area contributed by atoms with Crippen LogP contribution >= 0.6 is 10.7 Å². The Morgan fingerprint density at radius 1 is 1.50 bits per heavy atom. The molecule has 0 spiro atoms. The van der Waals surface area contributed by atoms with Crippen LogP contribution in [0.4, 0.5) is 8.78 Å². The zero-order chi connectivity index (χ0) is 13.9. The minimum absolute atomic E-state index is 0.267. The number of alkyl halides is 2. The van der Waals surface area contributed by atoms with Crippen LogP contribution in [0.5, 0.6) is 5.75 Å². The third-order valence-corrected chi connectivity index (χ3v) is 3.57. The topological polar surface area (TPSA) is 67.2 Å². The van der Waals surface area contributed by atoms with Crippen molar-refractivity contribution in [3.8, 4) is 11.8 Å². The Morgan fingerprint density at radius 2 is 2.11 bits per heavy atom. The maximum Gasteiger partial charge on any atom is 0.387 e. The summed E-state index contributed by atoms with van der Waals surface area (Å²) in [6.07, 6.45) is 0.283. The second kappa shape index (κ2) is 5.50. The summed E-state index contributed by atoms with van der Waals surface area (Å²) in [5, 5.41) is 8.90. The number of benzene rings is 1. The zero-order valence-electron chi connectivity index (χ0n) is 9.15. The zero-order valence-corrected chi connectivity index (χ0v) is 10.7. The molecule has 0 aliphatic rings. The highest BCUT2D eigenvalue weighted by Gasteiger charge is 2.24. The fourth-order valence-electron chi connectivity index (χ4n) is 1.46. The van der Waals surface area contributed by atoms with Crippen molar-refractivity contribution < 1.29 is 21.9 Å². The Hall–Kier alpha value is -1.39. The highest BCUT2D eigenvalue weighted by molar-refractivity contribution is 8.13. The molecule has 1 aromatic carbocycles. The van der Waals surface area contributed by atoms with E-state index in [9.17, 15) is 17.2 Å². The van der Waals surface area contributed by atoms with Gasteiger partial charge in [-0.1, -0.05) is 13.0 Å². The molecule has 0 fully saturated rings. The van der Waals surface area contributed by atoms with E-state index in [1.165, 1.54) is 12.1 Å². The number of nitrogens with zero attached hydrogens (tertiary/aromatic N) is 1. The number of nitriles is 1. The molecule has 0 saturated carbocycles. The Morgan fingerprint density at radius 3 is 2.50 bits per heavy atom. The Kier molecular flexibility index (Phi) is 4.48. The lowest BCUT2D eigenvalue weighted by Crippen LogP contribution is -2.08. The van der Waals surface area contributed by atoms with Crippen molar-refractivity contribution in [3.05, 3.63) is 23.3 Å². The van der Waals surface area contributed by atoms with E-state index in [4.69, 9.17) is 15.9 Å². The van der Waals surface area contributed by atoms with E-state index in [1.807, 2.05) is 0 Å². The first-order chi connectivity index (χ1) is 8.31. The van der Waals surface area contributed by atoms with E-state index in [2.05, 4.69) is 4.74 Å². The minimum atomic E-state index is -4.22. The van der Waals surface area contributed by atoms with Gasteiger partial charge in [0.2, 0.25) is 0 Å². The van der Waals surface area contributed by atoms with Crippen molar-refractivity contribution in [3.63, 3.8) is 0 Å². The molecule has 0 N–H and O–H groups in total. The molecule has 0 heterocycles. The summed E-state index contributed by atoms with van der Waals surface area (Å²) in [6, 6.07) is 3.93. The molecule has 0 unspecified atom stereocenters. The van der Waals surface area contributed by atoms with Crippen molar-refractivity contribution in [2.75, 3.05) is 0 Å². The number of ether oxygens (including phenoxy) is 1. The summed E-state index contributed by atoms with van der Waals surface area (Å²) in [5.41, 5.74) is -0.243. The average molecular weight is 296 g/mol. The fourth-order valence-corrected chi connectivity index (χ4v) is 2.91. The molecule has 0 radical (unpaired) electrons. The fraction of sp³-hybridized carbons (Fsp3) is 0.300. The lowest BCUT2D eigenvalue weighted by Gasteiger charge is -2.11. The normalized spacial score (nSPS) is 11.3. The van der Waals surface area contributed by atoms with Gasteiger partial charge in [0.25, 0.3) is 9.05 Å². The summed E-state index contributed by atoms with van der Waals surface area (Å²) in [7, 11) is 0.991. The maximum absolute atomic E-state index is 12.1. The lowest BCUT2D eigenvalue weighted by molar-refractivity contribution is -0.0502. The predicted molar refractivity (Wildman–Crippen MR) is 60.2 cm³/mol. The molecule has 18 heavy (non-hydrogen) atoms. The molecule has 0 aliphatic carbocycles. The molecule has 0 aliphatic heterocycles. The average Bonchev–Trinajstić information content (AvgIpc) is 2.26. The van der Waals surface area contributed by atoms with Gasteiger partial charge < -0.3 is 4.74 Å².